The number of carboxylic acids is 1. The lowest BCUT2D eigenvalue weighted by molar-refractivity contribution is -0.115. The lowest BCUT2D eigenvalue weighted by atomic mass is 9.98. The van der Waals surface area contributed by atoms with Crippen molar-refractivity contribution in [3.8, 4) is 11.5 Å². The molecule has 8 nitrogen and oxygen atoms in total. The predicted molar refractivity (Wildman–Crippen MR) is 147 cm³/mol. The maximum Gasteiger partial charge on any atom is 0.336 e. The molecule has 0 saturated carbocycles. The van der Waals surface area contributed by atoms with E-state index in [9.17, 15) is 19.5 Å². The highest BCUT2D eigenvalue weighted by Crippen LogP contribution is 2.33. The molecule has 0 fully saturated rings. The smallest absolute Gasteiger partial charge is 0.336 e. The number of carboxylic acid groups (broad SMARTS) is 1. The highest BCUT2D eigenvalue weighted by Gasteiger charge is 2.19. The second-order valence-electron chi connectivity index (χ2n) is 8.60. The number of aromatic carboxylic acids is 1. The minimum atomic E-state index is -1.09. The van der Waals surface area contributed by atoms with Crippen LogP contribution in [0.1, 0.15) is 27.6 Å². The first kappa shape index (κ1) is 25.2. The third-order valence-corrected chi connectivity index (χ3v) is 7.10. The fraction of sp³-hybridized carbons (Fsp3) is 0.138. The van der Waals surface area contributed by atoms with Gasteiger partial charge in [-0.25, -0.2) is 4.79 Å². The standard InChI is InChI=1S/C29H24N2O6S/c1-17(27(32)31-20-10-13-24-25(16-20)37-15-14-36-24)38-21-11-8-19(9-12-21)30-28(33)22-6-2-4-18-5-3-7-23(26(18)22)29(34)35/h2-13,16-17H,14-15H2,1H3,(H,30,33)(H,31,32)(H,34,35). The van der Waals surface area contributed by atoms with E-state index < -0.39 is 11.9 Å². The number of rotatable bonds is 7. The number of carbonyl (C=O) groups excluding carboxylic acids is 2. The van der Waals surface area contributed by atoms with Gasteiger partial charge in [-0.05, 0) is 60.8 Å². The molecule has 1 aliphatic heterocycles. The van der Waals surface area contributed by atoms with Crippen LogP contribution in [0.2, 0.25) is 0 Å². The summed E-state index contributed by atoms with van der Waals surface area (Å²) in [6, 6.07) is 22.4. The van der Waals surface area contributed by atoms with Gasteiger partial charge < -0.3 is 25.2 Å². The minimum Gasteiger partial charge on any atom is -0.486 e. The van der Waals surface area contributed by atoms with Gasteiger partial charge in [-0.3, -0.25) is 9.59 Å². The van der Waals surface area contributed by atoms with Gasteiger partial charge in [0.1, 0.15) is 13.2 Å². The van der Waals surface area contributed by atoms with Crippen LogP contribution in [0.15, 0.2) is 83.8 Å². The van der Waals surface area contributed by atoms with E-state index in [1.807, 2.05) is 19.1 Å². The van der Waals surface area contributed by atoms with Crippen LogP contribution in [-0.4, -0.2) is 41.4 Å². The number of ether oxygens (including phenoxy) is 2. The zero-order valence-corrected chi connectivity index (χ0v) is 21.2. The van der Waals surface area contributed by atoms with Crippen LogP contribution in [0.3, 0.4) is 0 Å². The molecule has 1 aliphatic rings. The Balaban J connectivity index is 1.23. The Morgan fingerprint density at radius 1 is 0.816 bits per heavy atom. The molecule has 0 spiro atoms. The number of hydrogen-bond donors (Lipinski definition) is 3. The van der Waals surface area contributed by atoms with Crippen LogP contribution >= 0.6 is 11.8 Å². The Bertz CT molecular complexity index is 1530. The molecule has 38 heavy (non-hydrogen) atoms. The minimum absolute atomic E-state index is 0.0727. The van der Waals surface area contributed by atoms with Crippen LogP contribution in [0.4, 0.5) is 11.4 Å². The SMILES string of the molecule is CC(Sc1ccc(NC(=O)c2cccc3cccc(C(=O)O)c23)cc1)C(=O)Nc1ccc2c(c1)OCCO2. The van der Waals surface area contributed by atoms with Crippen molar-refractivity contribution < 1.29 is 29.0 Å². The molecular formula is C29H24N2O6S. The molecule has 4 aromatic carbocycles. The third-order valence-electron chi connectivity index (χ3n) is 5.98. The van der Waals surface area contributed by atoms with Gasteiger partial charge in [-0.1, -0.05) is 24.3 Å². The number of thioether (sulfide) groups is 1. The number of nitrogens with one attached hydrogen (secondary N) is 2. The maximum absolute atomic E-state index is 13.0. The highest BCUT2D eigenvalue weighted by atomic mass is 32.2. The predicted octanol–water partition coefficient (Wildman–Crippen LogP) is 5.68. The number of fused-ring (bicyclic) bond motifs is 2. The molecule has 2 amide bonds. The van der Waals surface area contributed by atoms with E-state index in [2.05, 4.69) is 10.6 Å². The lowest BCUT2D eigenvalue weighted by Crippen LogP contribution is -2.22. The van der Waals surface area contributed by atoms with Gasteiger partial charge >= 0.3 is 5.97 Å². The van der Waals surface area contributed by atoms with Gasteiger partial charge in [-0.15, -0.1) is 11.8 Å². The summed E-state index contributed by atoms with van der Waals surface area (Å²) >= 11 is 1.38. The fourth-order valence-corrected chi connectivity index (χ4v) is 5.01. The summed E-state index contributed by atoms with van der Waals surface area (Å²) in [6.45, 7) is 2.79. The van der Waals surface area contributed by atoms with Crippen molar-refractivity contribution in [1.82, 2.24) is 0 Å². The van der Waals surface area contributed by atoms with Crippen molar-refractivity contribution in [1.29, 1.82) is 0 Å². The van der Waals surface area contributed by atoms with Gasteiger partial charge in [0.05, 0.1) is 10.8 Å². The second-order valence-corrected chi connectivity index (χ2v) is 10.0. The average molecular weight is 529 g/mol. The molecule has 1 heterocycles. The molecule has 0 radical (unpaired) electrons. The monoisotopic (exact) mass is 528 g/mol. The van der Waals surface area contributed by atoms with E-state index in [1.165, 1.54) is 17.8 Å². The quantitative estimate of drug-likeness (QED) is 0.264. The first-order valence-electron chi connectivity index (χ1n) is 11.9. The van der Waals surface area contributed by atoms with E-state index in [0.29, 0.717) is 46.9 Å². The summed E-state index contributed by atoms with van der Waals surface area (Å²) in [5.41, 5.74) is 1.54. The van der Waals surface area contributed by atoms with Crippen LogP contribution in [0.25, 0.3) is 10.8 Å². The molecule has 4 aromatic rings. The van der Waals surface area contributed by atoms with Crippen molar-refractivity contribution in [2.24, 2.45) is 0 Å². The Morgan fingerprint density at radius 2 is 1.47 bits per heavy atom. The number of anilines is 2. The first-order valence-corrected chi connectivity index (χ1v) is 12.8. The van der Waals surface area contributed by atoms with E-state index in [4.69, 9.17) is 9.47 Å². The summed E-state index contributed by atoms with van der Waals surface area (Å²) in [4.78, 5) is 38.3. The van der Waals surface area contributed by atoms with Gasteiger partial charge in [0.15, 0.2) is 11.5 Å². The van der Waals surface area contributed by atoms with Crippen molar-refractivity contribution >= 4 is 51.7 Å². The molecule has 9 heteroatoms. The van der Waals surface area contributed by atoms with Crippen LogP contribution < -0.4 is 20.1 Å². The lowest BCUT2D eigenvalue weighted by Gasteiger charge is -2.19. The summed E-state index contributed by atoms with van der Waals surface area (Å²) in [6.07, 6.45) is 0. The van der Waals surface area contributed by atoms with Crippen LogP contribution in [0, 0.1) is 0 Å². The number of carbonyl (C=O) groups is 3. The molecule has 0 aliphatic carbocycles. The molecule has 192 valence electrons. The summed E-state index contributed by atoms with van der Waals surface area (Å²) in [7, 11) is 0. The fourth-order valence-electron chi connectivity index (χ4n) is 4.15. The van der Waals surface area contributed by atoms with E-state index in [-0.39, 0.29) is 22.3 Å². The van der Waals surface area contributed by atoms with Gasteiger partial charge in [0.25, 0.3) is 5.91 Å². The Morgan fingerprint density at radius 3 is 2.18 bits per heavy atom. The van der Waals surface area contributed by atoms with E-state index in [1.54, 1.807) is 60.7 Å². The Labute approximate surface area is 223 Å². The van der Waals surface area contributed by atoms with E-state index >= 15 is 0 Å². The molecule has 1 atom stereocenters. The highest BCUT2D eigenvalue weighted by molar-refractivity contribution is 8.00. The summed E-state index contributed by atoms with van der Waals surface area (Å²) in [5, 5.41) is 16.0. The first-order chi connectivity index (χ1) is 18.4. The van der Waals surface area contributed by atoms with Gasteiger partial charge in [-0.2, -0.15) is 0 Å². The number of benzene rings is 4. The zero-order valence-electron chi connectivity index (χ0n) is 20.4. The van der Waals surface area contributed by atoms with Crippen LogP contribution in [-0.2, 0) is 4.79 Å². The summed E-state index contributed by atoms with van der Waals surface area (Å²) < 4.78 is 11.1. The molecule has 0 aromatic heterocycles. The van der Waals surface area contributed by atoms with Crippen molar-refractivity contribution in [2.75, 3.05) is 23.8 Å². The van der Waals surface area contributed by atoms with Gasteiger partial charge in [0.2, 0.25) is 5.91 Å². The average Bonchev–Trinajstić information content (AvgIpc) is 2.93. The van der Waals surface area contributed by atoms with E-state index in [0.717, 1.165) is 4.90 Å². The molecule has 0 saturated heterocycles. The van der Waals surface area contributed by atoms with Gasteiger partial charge in [0, 0.05) is 33.3 Å². The summed E-state index contributed by atoms with van der Waals surface area (Å²) in [5.74, 6) is -0.392. The maximum atomic E-state index is 13.0. The molecule has 5 rings (SSSR count). The number of hydrogen-bond acceptors (Lipinski definition) is 6. The third kappa shape index (κ3) is 5.42. The number of amides is 2. The second kappa shape index (κ2) is 10.9. The zero-order chi connectivity index (χ0) is 26.6. The van der Waals surface area contributed by atoms with Crippen LogP contribution in [0.5, 0.6) is 11.5 Å². The van der Waals surface area contributed by atoms with Crippen molar-refractivity contribution in [2.45, 2.75) is 17.1 Å². The normalized spacial score (nSPS) is 13.0. The Kier molecular flexibility index (Phi) is 7.19. The van der Waals surface area contributed by atoms with Crippen molar-refractivity contribution in [3.63, 3.8) is 0 Å². The molecule has 1 unspecified atom stereocenters. The largest absolute Gasteiger partial charge is 0.486 e. The van der Waals surface area contributed by atoms with Crippen molar-refractivity contribution in [3.05, 3.63) is 90.0 Å². The Hall–Kier alpha value is -4.50. The molecular weight excluding hydrogens is 504 g/mol. The molecule has 0 bridgehead atoms. The molecule has 3 N–H and O–H groups in total. The topological polar surface area (TPSA) is 114 Å².